The summed E-state index contributed by atoms with van der Waals surface area (Å²) in [6.07, 6.45) is 1.96. The summed E-state index contributed by atoms with van der Waals surface area (Å²) in [5.74, 6) is 0. The smallest absolute Gasteiger partial charge is 0.0780 e. The van der Waals surface area contributed by atoms with Gasteiger partial charge in [0.25, 0.3) is 0 Å². The van der Waals surface area contributed by atoms with Crippen molar-refractivity contribution in [2.45, 2.75) is 26.2 Å². The molecular weight excluding hydrogens is 442 g/mol. The minimum atomic E-state index is 0.117. The topological polar surface area (TPSA) is 12.9 Å². The van der Waals surface area contributed by atoms with E-state index in [-0.39, 0.29) is 5.41 Å². The fourth-order valence-corrected chi connectivity index (χ4v) is 6.93. The molecule has 0 N–H and O–H groups in total. The van der Waals surface area contributed by atoms with Gasteiger partial charge in [0.15, 0.2) is 0 Å². The molecular formula is C33H25NS. The number of hydrogen-bond acceptors (Lipinski definition) is 2. The second-order valence-electron chi connectivity index (χ2n) is 10.4. The molecule has 0 unspecified atom stereocenters. The fourth-order valence-electron chi connectivity index (χ4n) is 5.52. The molecule has 0 fully saturated rings. The van der Waals surface area contributed by atoms with Crippen molar-refractivity contribution < 1.29 is 0 Å². The van der Waals surface area contributed by atoms with Crippen molar-refractivity contribution in [1.82, 2.24) is 4.98 Å². The summed E-state index contributed by atoms with van der Waals surface area (Å²) in [6.45, 7) is 6.89. The van der Waals surface area contributed by atoms with E-state index in [2.05, 4.69) is 112 Å². The van der Waals surface area contributed by atoms with Gasteiger partial charge in [0.05, 0.1) is 5.69 Å². The minimum Gasteiger partial charge on any atom is -0.256 e. The van der Waals surface area contributed by atoms with Crippen molar-refractivity contribution in [2.24, 2.45) is 0 Å². The van der Waals surface area contributed by atoms with Crippen molar-refractivity contribution >= 4 is 63.8 Å². The van der Waals surface area contributed by atoms with Gasteiger partial charge < -0.3 is 0 Å². The number of hydrogen-bond donors (Lipinski definition) is 0. The van der Waals surface area contributed by atoms with Crippen LogP contribution in [0.3, 0.4) is 0 Å². The zero-order valence-corrected chi connectivity index (χ0v) is 20.9. The molecule has 2 heterocycles. The van der Waals surface area contributed by atoms with Gasteiger partial charge in [-0.15, -0.1) is 11.3 Å². The van der Waals surface area contributed by atoms with Crippen molar-refractivity contribution in [3.8, 4) is 11.3 Å². The maximum atomic E-state index is 4.88. The van der Waals surface area contributed by atoms with E-state index in [1.54, 1.807) is 0 Å². The van der Waals surface area contributed by atoms with E-state index in [0.29, 0.717) is 0 Å². The molecule has 0 atom stereocenters. The van der Waals surface area contributed by atoms with Crippen LogP contribution < -0.4 is 0 Å². The van der Waals surface area contributed by atoms with Gasteiger partial charge in [-0.25, -0.2) is 0 Å². The fraction of sp³-hybridized carbons (Fsp3) is 0.121. The van der Waals surface area contributed by atoms with Crippen LogP contribution in [-0.2, 0) is 5.41 Å². The zero-order valence-electron chi connectivity index (χ0n) is 20.1. The van der Waals surface area contributed by atoms with E-state index in [9.17, 15) is 0 Å². The predicted molar refractivity (Wildman–Crippen MR) is 154 cm³/mol. The van der Waals surface area contributed by atoms with Gasteiger partial charge in [-0.05, 0) is 56.1 Å². The highest BCUT2D eigenvalue weighted by molar-refractivity contribution is 7.26. The highest BCUT2D eigenvalue weighted by Crippen LogP contribution is 2.42. The normalized spacial score (nSPS) is 12.4. The van der Waals surface area contributed by atoms with Crippen molar-refractivity contribution in [1.29, 1.82) is 0 Å². The van der Waals surface area contributed by atoms with Crippen LogP contribution in [-0.4, -0.2) is 4.98 Å². The van der Waals surface area contributed by atoms with E-state index >= 15 is 0 Å². The Morgan fingerprint density at radius 2 is 1.34 bits per heavy atom. The predicted octanol–water partition coefficient (Wildman–Crippen LogP) is 9.87. The Hall–Kier alpha value is -3.75. The van der Waals surface area contributed by atoms with E-state index in [4.69, 9.17) is 4.98 Å². The third kappa shape index (κ3) is 3.10. The van der Waals surface area contributed by atoms with Gasteiger partial charge in [0.2, 0.25) is 0 Å². The molecule has 7 rings (SSSR count). The molecule has 1 nitrogen and oxygen atoms in total. The molecule has 0 aliphatic heterocycles. The molecule has 0 aliphatic carbocycles. The maximum absolute atomic E-state index is 4.88. The number of thiophene rings is 1. The Balaban J connectivity index is 1.48. The molecule has 2 aromatic heterocycles. The average molecular weight is 468 g/mol. The van der Waals surface area contributed by atoms with Crippen LogP contribution in [0.1, 0.15) is 26.3 Å². The Kier molecular flexibility index (Phi) is 4.34. The highest BCUT2D eigenvalue weighted by Gasteiger charge is 2.19. The van der Waals surface area contributed by atoms with Crippen LogP contribution in [0.15, 0.2) is 97.2 Å². The van der Waals surface area contributed by atoms with Gasteiger partial charge in [-0.2, -0.15) is 0 Å². The van der Waals surface area contributed by atoms with E-state index in [0.717, 1.165) is 5.69 Å². The van der Waals surface area contributed by atoms with Gasteiger partial charge in [0.1, 0.15) is 0 Å². The second-order valence-corrected chi connectivity index (χ2v) is 11.5. The highest BCUT2D eigenvalue weighted by atomic mass is 32.1. The summed E-state index contributed by atoms with van der Waals surface area (Å²) in [5.41, 5.74) is 3.75. The van der Waals surface area contributed by atoms with E-state index in [1.165, 1.54) is 63.6 Å². The third-order valence-corrected chi connectivity index (χ3v) is 8.47. The molecule has 168 valence electrons. The van der Waals surface area contributed by atoms with Gasteiger partial charge in [-0.3, -0.25) is 4.98 Å². The number of nitrogens with zero attached hydrogens (tertiary/aromatic N) is 1. The summed E-state index contributed by atoms with van der Waals surface area (Å²) in [7, 11) is 0. The van der Waals surface area contributed by atoms with Crippen molar-refractivity contribution in [2.75, 3.05) is 0 Å². The molecule has 5 aromatic carbocycles. The van der Waals surface area contributed by atoms with Gasteiger partial charge in [-0.1, -0.05) is 93.6 Å². The van der Waals surface area contributed by atoms with Crippen LogP contribution >= 0.6 is 11.3 Å². The first kappa shape index (κ1) is 20.6. The number of fused-ring (bicyclic) bond motifs is 8. The molecule has 0 spiro atoms. The summed E-state index contributed by atoms with van der Waals surface area (Å²) >= 11 is 1.91. The average Bonchev–Trinajstić information content (AvgIpc) is 3.25. The lowest BCUT2D eigenvalue weighted by atomic mass is 9.86. The number of rotatable bonds is 1. The minimum absolute atomic E-state index is 0.117. The lowest BCUT2D eigenvalue weighted by molar-refractivity contribution is 0.597. The zero-order chi connectivity index (χ0) is 23.7. The Morgan fingerprint density at radius 1 is 0.600 bits per heavy atom. The first-order valence-electron chi connectivity index (χ1n) is 12.1. The molecule has 0 radical (unpaired) electrons. The van der Waals surface area contributed by atoms with Crippen LogP contribution in [0.25, 0.3) is 63.7 Å². The van der Waals surface area contributed by atoms with Crippen LogP contribution in [0.4, 0.5) is 0 Å². The lowest BCUT2D eigenvalue weighted by Gasteiger charge is -2.19. The number of pyridine rings is 1. The molecule has 2 heteroatoms. The lowest BCUT2D eigenvalue weighted by Crippen LogP contribution is -2.10. The quantitative estimate of drug-likeness (QED) is 0.219. The van der Waals surface area contributed by atoms with Crippen LogP contribution in [0, 0.1) is 0 Å². The molecule has 0 aliphatic rings. The Labute approximate surface area is 208 Å². The number of benzene rings is 5. The molecule has 0 bridgehead atoms. The van der Waals surface area contributed by atoms with E-state index < -0.39 is 0 Å². The summed E-state index contributed by atoms with van der Waals surface area (Å²) < 4.78 is 2.73. The molecule has 0 saturated carbocycles. The molecule has 35 heavy (non-hydrogen) atoms. The molecule has 7 aromatic rings. The first-order chi connectivity index (χ1) is 17.0. The molecule has 0 saturated heterocycles. The summed E-state index contributed by atoms with van der Waals surface area (Å²) in [6, 6.07) is 33.4. The SMILES string of the molecule is CC(C)(C)c1cccc2c1sc1ccc(-c3nccc4c3ccc3c5ccccc5ccc43)cc12. The van der Waals surface area contributed by atoms with Crippen LogP contribution in [0.5, 0.6) is 0 Å². The Bertz CT molecular complexity index is 1940. The van der Waals surface area contributed by atoms with Crippen molar-refractivity contribution in [3.05, 3.63) is 103 Å². The van der Waals surface area contributed by atoms with Crippen LogP contribution in [0.2, 0.25) is 0 Å². The Morgan fingerprint density at radius 3 is 2.23 bits per heavy atom. The molecule has 0 amide bonds. The maximum Gasteiger partial charge on any atom is 0.0780 e. The number of aromatic nitrogens is 1. The largest absolute Gasteiger partial charge is 0.256 e. The second kappa shape index (κ2) is 7.37. The van der Waals surface area contributed by atoms with Crippen molar-refractivity contribution in [3.63, 3.8) is 0 Å². The standard InChI is InChI=1S/C33H25NS/c1-33(2,3)29-10-6-9-27-28-19-21(12-16-30(28)35-32(27)29)31-26-15-14-23-22-8-5-4-7-20(22)11-13-24(23)25(26)17-18-34-31/h4-19H,1-3H3. The third-order valence-electron chi connectivity index (χ3n) is 7.25. The monoisotopic (exact) mass is 467 g/mol. The first-order valence-corrected chi connectivity index (χ1v) is 13.0. The van der Waals surface area contributed by atoms with Gasteiger partial charge >= 0.3 is 0 Å². The van der Waals surface area contributed by atoms with E-state index in [1.807, 2.05) is 17.5 Å². The summed E-state index contributed by atoms with van der Waals surface area (Å²) in [4.78, 5) is 4.88. The van der Waals surface area contributed by atoms with Gasteiger partial charge in [0, 0.05) is 37.3 Å². The summed E-state index contributed by atoms with van der Waals surface area (Å²) in [5, 5.41) is 10.3.